The summed E-state index contributed by atoms with van der Waals surface area (Å²) >= 11 is 7.29. The van der Waals surface area contributed by atoms with Crippen LogP contribution in [0.3, 0.4) is 0 Å². The van der Waals surface area contributed by atoms with E-state index < -0.39 is 0 Å². The van der Waals surface area contributed by atoms with Crippen LogP contribution >= 0.6 is 23.4 Å². The molecule has 150 valence electrons. The maximum atomic E-state index is 12.5. The summed E-state index contributed by atoms with van der Waals surface area (Å²) in [4.78, 5) is 26.5. The van der Waals surface area contributed by atoms with Crippen molar-refractivity contribution in [2.45, 2.75) is 11.3 Å². The Morgan fingerprint density at radius 2 is 1.80 bits per heavy atom. The van der Waals surface area contributed by atoms with Crippen LogP contribution in [0, 0.1) is 0 Å². The Hall–Kier alpha value is -3.02. The first kappa shape index (κ1) is 20.3. The molecule has 0 saturated carbocycles. The Labute approximate surface area is 184 Å². The zero-order chi connectivity index (χ0) is 20.9. The molecule has 1 aliphatic rings. The highest BCUT2D eigenvalue weighted by molar-refractivity contribution is 8.04. The maximum absolute atomic E-state index is 12.5. The van der Waals surface area contributed by atoms with Crippen LogP contribution in [0.2, 0.25) is 5.02 Å². The normalized spacial score (nSPS) is 14.2. The molecule has 2 N–H and O–H groups in total. The standard InChI is InChI=1S/C24H19ClN2O2S/c25-19-9-6-16(7-10-19)12-13-26-23(28)18-8-11-21-20(15-18)27-24(29)22(30-21)14-17-4-2-1-3-5-17/h1-11,14-15H,12-13H2,(H,26,28)(H,27,29). The number of hydrogen-bond donors (Lipinski definition) is 2. The summed E-state index contributed by atoms with van der Waals surface area (Å²) in [6, 6.07) is 22.6. The number of carbonyl (C=O) groups is 2. The molecule has 1 aliphatic heterocycles. The number of anilines is 1. The van der Waals surface area contributed by atoms with Gasteiger partial charge in [-0.05, 0) is 54.0 Å². The van der Waals surface area contributed by atoms with Crippen molar-refractivity contribution in [2.75, 3.05) is 11.9 Å². The lowest BCUT2D eigenvalue weighted by molar-refractivity contribution is -0.112. The van der Waals surface area contributed by atoms with Crippen molar-refractivity contribution in [1.29, 1.82) is 0 Å². The minimum Gasteiger partial charge on any atom is -0.352 e. The highest BCUT2D eigenvalue weighted by atomic mass is 35.5. The molecule has 3 aromatic carbocycles. The van der Waals surface area contributed by atoms with Crippen molar-refractivity contribution in [3.05, 3.63) is 99.4 Å². The molecule has 3 aromatic rings. The second-order valence-corrected chi connectivity index (χ2v) is 8.34. The molecule has 0 bridgehead atoms. The lowest BCUT2D eigenvalue weighted by Crippen LogP contribution is -2.26. The number of thioether (sulfide) groups is 1. The van der Waals surface area contributed by atoms with Crippen molar-refractivity contribution in [1.82, 2.24) is 5.32 Å². The van der Waals surface area contributed by atoms with Crippen LogP contribution in [0.15, 0.2) is 82.6 Å². The first-order chi connectivity index (χ1) is 14.6. The van der Waals surface area contributed by atoms with Crippen LogP contribution < -0.4 is 10.6 Å². The van der Waals surface area contributed by atoms with E-state index in [1.165, 1.54) is 11.8 Å². The van der Waals surface area contributed by atoms with Gasteiger partial charge in [-0.3, -0.25) is 9.59 Å². The highest BCUT2D eigenvalue weighted by Crippen LogP contribution is 2.39. The average Bonchev–Trinajstić information content (AvgIpc) is 2.76. The number of amides is 2. The summed E-state index contributed by atoms with van der Waals surface area (Å²) in [5.41, 5.74) is 3.24. The monoisotopic (exact) mass is 434 g/mol. The third kappa shape index (κ3) is 4.93. The fraction of sp³-hybridized carbons (Fsp3) is 0.0833. The lowest BCUT2D eigenvalue weighted by Gasteiger charge is -2.19. The van der Waals surface area contributed by atoms with Crippen LogP contribution in [0.1, 0.15) is 21.5 Å². The fourth-order valence-corrected chi connectivity index (χ4v) is 4.13. The van der Waals surface area contributed by atoms with Gasteiger partial charge in [-0.15, -0.1) is 0 Å². The Morgan fingerprint density at radius 3 is 2.57 bits per heavy atom. The predicted octanol–water partition coefficient (Wildman–Crippen LogP) is 5.40. The van der Waals surface area contributed by atoms with E-state index in [4.69, 9.17) is 11.6 Å². The topological polar surface area (TPSA) is 58.2 Å². The molecule has 0 saturated heterocycles. The zero-order valence-electron chi connectivity index (χ0n) is 16.0. The summed E-state index contributed by atoms with van der Waals surface area (Å²) in [5.74, 6) is -0.340. The van der Waals surface area contributed by atoms with Gasteiger partial charge in [-0.2, -0.15) is 0 Å². The molecule has 0 radical (unpaired) electrons. The van der Waals surface area contributed by atoms with Crippen LogP contribution in [0.25, 0.3) is 6.08 Å². The van der Waals surface area contributed by atoms with Crippen LogP contribution in [0.4, 0.5) is 5.69 Å². The Balaban J connectivity index is 1.41. The van der Waals surface area contributed by atoms with Gasteiger partial charge < -0.3 is 10.6 Å². The molecule has 1 heterocycles. The van der Waals surface area contributed by atoms with E-state index >= 15 is 0 Å². The number of rotatable bonds is 5. The lowest BCUT2D eigenvalue weighted by atomic mass is 10.1. The molecule has 0 fully saturated rings. The summed E-state index contributed by atoms with van der Waals surface area (Å²) in [6.45, 7) is 0.516. The van der Waals surface area contributed by atoms with E-state index in [2.05, 4.69) is 10.6 Å². The first-order valence-corrected chi connectivity index (χ1v) is 10.7. The summed E-state index contributed by atoms with van der Waals surface area (Å²) in [7, 11) is 0. The van der Waals surface area contributed by atoms with Gasteiger partial charge in [0.25, 0.3) is 11.8 Å². The minimum absolute atomic E-state index is 0.170. The Bertz CT molecular complexity index is 1110. The van der Waals surface area contributed by atoms with Gasteiger partial charge in [0.2, 0.25) is 0 Å². The van der Waals surface area contributed by atoms with Gasteiger partial charge in [0, 0.05) is 22.0 Å². The summed E-state index contributed by atoms with van der Waals surface area (Å²) in [6.07, 6.45) is 2.58. The number of carbonyl (C=O) groups excluding carboxylic acids is 2. The third-order valence-electron chi connectivity index (χ3n) is 4.64. The van der Waals surface area contributed by atoms with Crippen molar-refractivity contribution in [3.8, 4) is 0 Å². The number of nitrogens with one attached hydrogen (secondary N) is 2. The van der Waals surface area contributed by atoms with Gasteiger partial charge in [-0.25, -0.2) is 0 Å². The SMILES string of the molecule is O=C1Nc2cc(C(=O)NCCc3ccc(Cl)cc3)ccc2SC1=Cc1ccccc1. The highest BCUT2D eigenvalue weighted by Gasteiger charge is 2.22. The van der Waals surface area contributed by atoms with Crippen LogP contribution in [0.5, 0.6) is 0 Å². The van der Waals surface area contributed by atoms with Gasteiger partial charge in [0.05, 0.1) is 10.6 Å². The van der Waals surface area contributed by atoms with E-state index in [0.29, 0.717) is 34.1 Å². The molecule has 6 heteroatoms. The second-order valence-electron chi connectivity index (χ2n) is 6.82. The second kappa shape index (κ2) is 9.20. The van der Waals surface area contributed by atoms with Crippen molar-refractivity contribution >= 4 is 46.9 Å². The smallest absolute Gasteiger partial charge is 0.262 e. The minimum atomic E-state index is -0.170. The molecule has 0 atom stereocenters. The van der Waals surface area contributed by atoms with Crippen molar-refractivity contribution in [2.24, 2.45) is 0 Å². The van der Waals surface area contributed by atoms with Gasteiger partial charge >= 0.3 is 0 Å². The van der Waals surface area contributed by atoms with Gasteiger partial charge in [-0.1, -0.05) is 65.8 Å². The molecule has 4 rings (SSSR count). The van der Waals surface area contributed by atoms with Crippen molar-refractivity contribution < 1.29 is 9.59 Å². The maximum Gasteiger partial charge on any atom is 0.262 e. The molecule has 0 aromatic heterocycles. The molecular formula is C24H19ClN2O2S. The average molecular weight is 435 g/mol. The first-order valence-electron chi connectivity index (χ1n) is 9.51. The molecule has 4 nitrogen and oxygen atoms in total. The van der Waals surface area contributed by atoms with Crippen LogP contribution in [-0.4, -0.2) is 18.4 Å². The van der Waals surface area contributed by atoms with E-state index in [9.17, 15) is 9.59 Å². The molecular weight excluding hydrogens is 416 g/mol. The molecule has 0 aliphatic carbocycles. The third-order valence-corrected chi connectivity index (χ3v) is 5.99. The van der Waals surface area contributed by atoms with E-state index in [1.807, 2.05) is 66.7 Å². The summed E-state index contributed by atoms with van der Waals surface area (Å²) in [5, 5.41) is 6.50. The predicted molar refractivity (Wildman–Crippen MR) is 123 cm³/mol. The Kier molecular flexibility index (Phi) is 6.21. The number of benzene rings is 3. The molecule has 2 amide bonds. The molecule has 0 unspecified atom stereocenters. The van der Waals surface area contributed by atoms with Gasteiger partial charge in [0.15, 0.2) is 0 Å². The van der Waals surface area contributed by atoms with Gasteiger partial charge in [0.1, 0.15) is 0 Å². The van der Waals surface area contributed by atoms with Crippen LogP contribution in [-0.2, 0) is 11.2 Å². The number of fused-ring (bicyclic) bond motifs is 1. The van der Waals surface area contributed by atoms with Crippen molar-refractivity contribution in [3.63, 3.8) is 0 Å². The summed E-state index contributed by atoms with van der Waals surface area (Å²) < 4.78 is 0. The molecule has 0 spiro atoms. The number of hydrogen-bond acceptors (Lipinski definition) is 3. The van der Waals surface area contributed by atoms with E-state index in [0.717, 1.165) is 16.0 Å². The quantitative estimate of drug-likeness (QED) is 0.529. The van der Waals surface area contributed by atoms with E-state index in [-0.39, 0.29) is 11.8 Å². The molecule has 30 heavy (non-hydrogen) atoms. The zero-order valence-corrected chi connectivity index (χ0v) is 17.6. The fourth-order valence-electron chi connectivity index (χ4n) is 3.08. The largest absolute Gasteiger partial charge is 0.352 e. The Morgan fingerprint density at radius 1 is 1.03 bits per heavy atom. The number of halogens is 1. The van der Waals surface area contributed by atoms with E-state index in [1.54, 1.807) is 12.1 Å².